The van der Waals surface area contributed by atoms with E-state index in [1.807, 2.05) is 0 Å². The van der Waals surface area contributed by atoms with Crippen molar-refractivity contribution >= 4 is 34.9 Å². The van der Waals surface area contributed by atoms with Gasteiger partial charge in [0, 0.05) is 16.7 Å². The molecule has 0 saturated heterocycles. The van der Waals surface area contributed by atoms with Gasteiger partial charge < -0.3 is 4.74 Å². The molecule has 0 amide bonds. The third-order valence-electron chi connectivity index (χ3n) is 2.23. The highest BCUT2D eigenvalue weighted by atomic mass is 35.5. The van der Waals surface area contributed by atoms with Crippen molar-refractivity contribution in [2.45, 2.75) is 12.3 Å². The lowest BCUT2D eigenvalue weighted by Gasteiger charge is -2.08. The number of alkyl halides is 1. The number of esters is 1. The summed E-state index contributed by atoms with van der Waals surface area (Å²) in [5.74, 6) is -0.623. The summed E-state index contributed by atoms with van der Waals surface area (Å²) in [7, 11) is 1.23. The van der Waals surface area contributed by atoms with E-state index in [9.17, 15) is 14.9 Å². The van der Waals surface area contributed by atoms with E-state index < -0.39 is 10.9 Å². The third kappa shape index (κ3) is 3.08. The predicted octanol–water partition coefficient (Wildman–Crippen LogP) is 2.70. The van der Waals surface area contributed by atoms with E-state index in [2.05, 4.69) is 4.74 Å². The van der Waals surface area contributed by atoms with Crippen LogP contribution in [-0.2, 0) is 21.8 Å². The van der Waals surface area contributed by atoms with Gasteiger partial charge in [-0.05, 0) is 11.6 Å². The van der Waals surface area contributed by atoms with Gasteiger partial charge >= 0.3 is 5.97 Å². The van der Waals surface area contributed by atoms with E-state index in [1.54, 1.807) is 0 Å². The van der Waals surface area contributed by atoms with Gasteiger partial charge in [-0.2, -0.15) is 0 Å². The first-order valence-corrected chi connectivity index (χ1v) is 5.50. The number of halogens is 2. The van der Waals surface area contributed by atoms with Crippen molar-refractivity contribution in [1.29, 1.82) is 0 Å². The normalized spacial score (nSPS) is 10.1. The van der Waals surface area contributed by atoms with Crippen LogP contribution < -0.4 is 0 Å². The van der Waals surface area contributed by atoms with Crippen LogP contribution in [-0.4, -0.2) is 18.0 Å². The minimum Gasteiger partial charge on any atom is -0.469 e. The van der Waals surface area contributed by atoms with Crippen molar-refractivity contribution in [2.24, 2.45) is 0 Å². The average molecular weight is 278 g/mol. The van der Waals surface area contributed by atoms with E-state index in [4.69, 9.17) is 23.2 Å². The first kappa shape index (κ1) is 13.7. The minimum atomic E-state index is -0.561. The van der Waals surface area contributed by atoms with E-state index in [0.29, 0.717) is 5.56 Å². The molecule has 0 saturated carbocycles. The molecular formula is C10H9Cl2NO4. The van der Waals surface area contributed by atoms with E-state index >= 15 is 0 Å². The monoisotopic (exact) mass is 277 g/mol. The molecule has 17 heavy (non-hydrogen) atoms. The van der Waals surface area contributed by atoms with Gasteiger partial charge in [0.1, 0.15) is 0 Å². The van der Waals surface area contributed by atoms with Crippen molar-refractivity contribution in [1.82, 2.24) is 0 Å². The topological polar surface area (TPSA) is 69.4 Å². The Balaban J connectivity index is 3.30. The van der Waals surface area contributed by atoms with Gasteiger partial charge in [-0.3, -0.25) is 14.9 Å². The minimum absolute atomic E-state index is 0.0940. The molecule has 1 aromatic rings. The summed E-state index contributed by atoms with van der Waals surface area (Å²) in [6.45, 7) is 0. The quantitative estimate of drug-likeness (QED) is 0.367. The second-order valence-electron chi connectivity index (χ2n) is 3.17. The molecule has 0 aliphatic heterocycles. The Bertz CT molecular complexity index is 462. The number of nitro groups is 1. The SMILES string of the molecule is COC(=O)Cc1c(Cl)ccc([N+](=O)[O-])c1CCl. The fourth-order valence-electron chi connectivity index (χ4n) is 1.38. The smallest absolute Gasteiger partial charge is 0.310 e. The van der Waals surface area contributed by atoms with Crippen LogP contribution in [0.1, 0.15) is 11.1 Å². The largest absolute Gasteiger partial charge is 0.469 e. The van der Waals surface area contributed by atoms with Crippen LogP contribution in [0.25, 0.3) is 0 Å². The molecule has 0 spiro atoms. The van der Waals surface area contributed by atoms with Crippen molar-refractivity contribution in [3.63, 3.8) is 0 Å². The summed E-state index contributed by atoms with van der Waals surface area (Å²) in [6.07, 6.45) is -0.140. The molecule has 92 valence electrons. The summed E-state index contributed by atoms with van der Waals surface area (Å²) < 4.78 is 4.50. The van der Waals surface area contributed by atoms with Gasteiger partial charge in [-0.15, -0.1) is 11.6 Å². The summed E-state index contributed by atoms with van der Waals surface area (Å²) in [6, 6.07) is 2.63. The molecule has 0 atom stereocenters. The number of hydrogen-bond acceptors (Lipinski definition) is 4. The van der Waals surface area contributed by atoms with Crippen LogP contribution in [0.15, 0.2) is 12.1 Å². The van der Waals surface area contributed by atoms with Crippen molar-refractivity contribution in [3.8, 4) is 0 Å². The van der Waals surface area contributed by atoms with Crippen LogP contribution in [0, 0.1) is 10.1 Å². The Morgan fingerprint density at radius 1 is 1.47 bits per heavy atom. The molecule has 0 aliphatic rings. The van der Waals surface area contributed by atoms with E-state index in [0.717, 1.165) is 0 Å². The maximum absolute atomic E-state index is 11.2. The maximum atomic E-state index is 11.2. The zero-order valence-electron chi connectivity index (χ0n) is 8.91. The Hall–Kier alpha value is -1.33. The second-order valence-corrected chi connectivity index (χ2v) is 3.84. The lowest BCUT2D eigenvalue weighted by atomic mass is 10.0. The van der Waals surface area contributed by atoms with Gasteiger partial charge in [-0.25, -0.2) is 0 Å². The van der Waals surface area contributed by atoms with Gasteiger partial charge in [-0.1, -0.05) is 11.6 Å². The number of nitro benzene ring substituents is 1. The second kappa shape index (κ2) is 5.84. The number of hydrogen-bond donors (Lipinski definition) is 0. The number of methoxy groups -OCH3 is 1. The number of ether oxygens (including phenoxy) is 1. The highest BCUT2D eigenvalue weighted by molar-refractivity contribution is 6.32. The lowest BCUT2D eigenvalue weighted by Crippen LogP contribution is -2.08. The summed E-state index contributed by atoms with van der Waals surface area (Å²) >= 11 is 11.6. The Morgan fingerprint density at radius 3 is 2.59 bits per heavy atom. The zero-order valence-corrected chi connectivity index (χ0v) is 10.4. The number of nitrogens with zero attached hydrogens (tertiary/aromatic N) is 1. The van der Waals surface area contributed by atoms with Crippen LogP contribution in [0.4, 0.5) is 5.69 Å². The third-order valence-corrected chi connectivity index (χ3v) is 2.85. The number of rotatable bonds is 4. The van der Waals surface area contributed by atoms with Crippen LogP contribution >= 0.6 is 23.2 Å². The van der Waals surface area contributed by atoms with Gasteiger partial charge in [0.25, 0.3) is 5.69 Å². The summed E-state index contributed by atoms with van der Waals surface area (Å²) in [5.41, 5.74) is 0.431. The lowest BCUT2D eigenvalue weighted by molar-refractivity contribution is -0.385. The number of carbonyl (C=O) groups is 1. The molecule has 5 nitrogen and oxygen atoms in total. The highest BCUT2D eigenvalue weighted by Gasteiger charge is 2.21. The molecule has 1 aromatic carbocycles. The van der Waals surface area contributed by atoms with Crippen LogP contribution in [0.5, 0.6) is 0 Å². The molecular weight excluding hydrogens is 269 g/mol. The highest BCUT2D eigenvalue weighted by Crippen LogP contribution is 2.30. The first-order valence-electron chi connectivity index (χ1n) is 4.58. The molecule has 0 N–H and O–H groups in total. The first-order chi connectivity index (χ1) is 8.01. The molecule has 7 heteroatoms. The Kier molecular flexibility index (Phi) is 4.72. The molecule has 1 rings (SSSR count). The van der Waals surface area contributed by atoms with Gasteiger partial charge in [0.05, 0.1) is 24.3 Å². The van der Waals surface area contributed by atoms with Crippen molar-refractivity contribution in [3.05, 3.63) is 38.4 Å². The molecule has 0 fully saturated rings. The molecule has 0 heterocycles. The average Bonchev–Trinajstić information content (AvgIpc) is 2.30. The van der Waals surface area contributed by atoms with Crippen LogP contribution in [0.3, 0.4) is 0 Å². The summed E-state index contributed by atoms with van der Waals surface area (Å²) in [5, 5.41) is 11.0. The van der Waals surface area contributed by atoms with Crippen LogP contribution in [0.2, 0.25) is 5.02 Å². The number of carbonyl (C=O) groups excluding carboxylic acids is 1. The van der Waals surface area contributed by atoms with Gasteiger partial charge in [0.15, 0.2) is 0 Å². The fourth-order valence-corrected chi connectivity index (χ4v) is 1.92. The van der Waals surface area contributed by atoms with E-state index in [1.165, 1.54) is 19.2 Å². The standard InChI is InChI=1S/C10H9Cl2NO4/c1-17-10(14)4-6-7(5-11)9(13(15)16)3-2-8(6)12/h2-3H,4-5H2,1H3. The summed E-state index contributed by atoms with van der Waals surface area (Å²) in [4.78, 5) is 21.4. The predicted molar refractivity (Wildman–Crippen MR) is 63.4 cm³/mol. The Morgan fingerprint density at radius 2 is 2.12 bits per heavy atom. The molecule has 0 unspecified atom stereocenters. The fraction of sp³-hybridized carbons (Fsp3) is 0.300. The molecule has 0 aromatic heterocycles. The molecule has 0 aliphatic carbocycles. The number of benzene rings is 1. The molecule has 0 radical (unpaired) electrons. The van der Waals surface area contributed by atoms with Gasteiger partial charge in [0.2, 0.25) is 0 Å². The zero-order chi connectivity index (χ0) is 13.0. The van der Waals surface area contributed by atoms with Crippen molar-refractivity contribution in [2.75, 3.05) is 7.11 Å². The maximum Gasteiger partial charge on any atom is 0.310 e. The van der Waals surface area contributed by atoms with Crippen molar-refractivity contribution < 1.29 is 14.5 Å². The molecule has 0 bridgehead atoms. The Labute approximate surface area is 107 Å². The van der Waals surface area contributed by atoms with E-state index in [-0.39, 0.29) is 28.6 Å².